The van der Waals surface area contributed by atoms with E-state index in [1.165, 1.54) is 19.3 Å². The molecule has 4 aliphatic rings. The Hall–Kier alpha value is -0.570. The molecule has 0 aliphatic heterocycles. The van der Waals surface area contributed by atoms with Gasteiger partial charge >= 0.3 is 0 Å². The summed E-state index contributed by atoms with van der Waals surface area (Å²) >= 11 is 0. The second kappa shape index (κ2) is 4.21. The largest absolute Gasteiger partial charge is 0.392 e. The summed E-state index contributed by atoms with van der Waals surface area (Å²) in [6.07, 6.45) is 6.86. The Labute approximate surface area is 116 Å². The lowest BCUT2D eigenvalue weighted by Gasteiger charge is -2.61. The van der Waals surface area contributed by atoms with Gasteiger partial charge in [-0.1, -0.05) is 6.92 Å². The van der Waals surface area contributed by atoms with Gasteiger partial charge in [0.05, 0.1) is 11.5 Å². The van der Waals surface area contributed by atoms with Gasteiger partial charge in [-0.05, 0) is 62.7 Å². The Morgan fingerprint density at radius 1 is 1.32 bits per heavy atom. The van der Waals surface area contributed by atoms with Gasteiger partial charge in [0.25, 0.3) is 0 Å². The molecule has 4 saturated carbocycles. The van der Waals surface area contributed by atoms with Gasteiger partial charge in [0.1, 0.15) is 0 Å². The van der Waals surface area contributed by atoms with Gasteiger partial charge in [-0.2, -0.15) is 0 Å². The number of nitrogens with zero attached hydrogens (tertiary/aromatic N) is 1. The van der Waals surface area contributed by atoms with E-state index in [1.54, 1.807) is 11.8 Å². The number of rotatable bonds is 3. The zero-order chi connectivity index (χ0) is 13.8. The molecule has 3 unspecified atom stereocenters. The molecular formula is C16H27NO2. The van der Waals surface area contributed by atoms with Gasteiger partial charge in [0, 0.05) is 13.6 Å². The number of amides is 1. The molecule has 1 amide bonds. The van der Waals surface area contributed by atoms with Crippen LogP contribution in [0, 0.1) is 22.7 Å². The maximum Gasteiger partial charge on any atom is 0.228 e. The molecule has 19 heavy (non-hydrogen) atoms. The molecule has 1 N–H and O–H groups in total. The molecule has 0 aromatic heterocycles. The number of hydrogen-bond donors (Lipinski definition) is 1. The first kappa shape index (κ1) is 13.4. The van der Waals surface area contributed by atoms with E-state index in [9.17, 15) is 9.90 Å². The van der Waals surface area contributed by atoms with Crippen LogP contribution in [0.4, 0.5) is 0 Å². The number of carbonyl (C=O) groups is 1. The van der Waals surface area contributed by atoms with Crippen LogP contribution in [0.2, 0.25) is 0 Å². The van der Waals surface area contributed by atoms with Crippen molar-refractivity contribution in [3.63, 3.8) is 0 Å². The highest BCUT2D eigenvalue weighted by Crippen LogP contribution is 2.65. The third-order valence-corrected chi connectivity index (χ3v) is 5.69. The van der Waals surface area contributed by atoms with Crippen LogP contribution in [-0.4, -0.2) is 35.6 Å². The molecule has 0 spiro atoms. The number of likely N-dealkylation sites (N-methyl/N-ethyl adjacent to an activating group) is 1. The number of hydrogen-bond acceptors (Lipinski definition) is 2. The average molecular weight is 265 g/mol. The molecule has 0 aromatic rings. The summed E-state index contributed by atoms with van der Waals surface area (Å²) in [7, 11) is 1.86. The van der Waals surface area contributed by atoms with Crippen molar-refractivity contribution < 1.29 is 9.90 Å². The lowest BCUT2D eigenvalue weighted by molar-refractivity contribution is -0.165. The van der Waals surface area contributed by atoms with Crippen molar-refractivity contribution in [2.45, 2.75) is 58.5 Å². The van der Waals surface area contributed by atoms with Crippen molar-refractivity contribution in [1.29, 1.82) is 0 Å². The van der Waals surface area contributed by atoms with Crippen molar-refractivity contribution in [3.05, 3.63) is 0 Å². The van der Waals surface area contributed by atoms with Gasteiger partial charge in [-0.3, -0.25) is 4.79 Å². The van der Waals surface area contributed by atoms with Crippen molar-refractivity contribution in [2.75, 3.05) is 13.6 Å². The normalized spacial score (nSPS) is 45.3. The second-order valence-electron chi connectivity index (χ2n) is 8.09. The third-order valence-electron chi connectivity index (χ3n) is 5.69. The van der Waals surface area contributed by atoms with Gasteiger partial charge < -0.3 is 10.0 Å². The second-order valence-corrected chi connectivity index (χ2v) is 8.09. The Kier molecular flexibility index (Phi) is 2.97. The van der Waals surface area contributed by atoms with E-state index in [1.807, 2.05) is 7.05 Å². The van der Waals surface area contributed by atoms with Crippen molar-refractivity contribution in [1.82, 2.24) is 4.90 Å². The van der Waals surface area contributed by atoms with Crippen molar-refractivity contribution in [2.24, 2.45) is 22.7 Å². The minimum Gasteiger partial charge on any atom is -0.392 e. The first-order valence-corrected chi connectivity index (χ1v) is 7.76. The summed E-state index contributed by atoms with van der Waals surface area (Å²) in [5.74, 6) is 1.85. The molecule has 3 nitrogen and oxygen atoms in total. The standard InChI is InChI=1S/C16H27NO2/c1-11(18)9-17(3)14(19)16-7-12-4-13(8-16)6-15(2,5-12)10-16/h11-13,18H,4-10H2,1-3H3. The molecule has 4 rings (SSSR count). The smallest absolute Gasteiger partial charge is 0.228 e. The molecule has 4 aliphatic carbocycles. The minimum absolute atomic E-state index is 0.0948. The fourth-order valence-corrected chi connectivity index (χ4v) is 5.85. The van der Waals surface area contributed by atoms with E-state index in [0.717, 1.165) is 31.1 Å². The number of aliphatic hydroxyl groups is 1. The van der Waals surface area contributed by atoms with Gasteiger partial charge in [-0.25, -0.2) is 0 Å². The lowest BCUT2D eigenvalue weighted by Crippen LogP contribution is -2.57. The summed E-state index contributed by atoms with van der Waals surface area (Å²) in [6, 6.07) is 0. The van der Waals surface area contributed by atoms with E-state index < -0.39 is 6.10 Å². The molecule has 3 atom stereocenters. The highest BCUT2D eigenvalue weighted by molar-refractivity contribution is 5.83. The highest BCUT2D eigenvalue weighted by atomic mass is 16.3. The molecule has 4 bridgehead atoms. The Balaban J connectivity index is 1.81. The van der Waals surface area contributed by atoms with Crippen LogP contribution in [0.3, 0.4) is 0 Å². The number of carbonyl (C=O) groups excluding carboxylic acids is 1. The van der Waals surface area contributed by atoms with Gasteiger partial charge in [0.15, 0.2) is 0 Å². The fourth-order valence-electron chi connectivity index (χ4n) is 5.85. The predicted molar refractivity (Wildman–Crippen MR) is 74.5 cm³/mol. The van der Waals surface area contributed by atoms with Crippen LogP contribution in [-0.2, 0) is 4.79 Å². The van der Waals surface area contributed by atoms with E-state index in [0.29, 0.717) is 17.9 Å². The third kappa shape index (κ3) is 2.20. The molecule has 0 heterocycles. The van der Waals surface area contributed by atoms with Gasteiger partial charge in [0.2, 0.25) is 5.91 Å². The summed E-state index contributed by atoms with van der Waals surface area (Å²) in [5, 5.41) is 9.51. The first-order valence-electron chi connectivity index (χ1n) is 7.76. The van der Waals surface area contributed by atoms with Crippen LogP contribution in [0.25, 0.3) is 0 Å². The molecule has 0 radical (unpaired) electrons. The van der Waals surface area contributed by atoms with Gasteiger partial charge in [-0.15, -0.1) is 0 Å². The molecule has 3 heteroatoms. The van der Waals surface area contributed by atoms with E-state index in [-0.39, 0.29) is 5.41 Å². The molecule has 4 fully saturated rings. The van der Waals surface area contributed by atoms with Crippen molar-refractivity contribution >= 4 is 5.91 Å². The summed E-state index contributed by atoms with van der Waals surface area (Å²) in [5.41, 5.74) is 0.313. The van der Waals surface area contributed by atoms with E-state index >= 15 is 0 Å². The zero-order valence-corrected chi connectivity index (χ0v) is 12.5. The first-order chi connectivity index (χ1) is 8.82. The van der Waals surface area contributed by atoms with Crippen LogP contribution in [0.5, 0.6) is 0 Å². The topological polar surface area (TPSA) is 40.5 Å². The maximum atomic E-state index is 12.9. The maximum absolute atomic E-state index is 12.9. The Bertz CT molecular complexity index is 376. The SMILES string of the molecule is CC(O)CN(C)C(=O)C12CC3CC(CC(C)(C3)C1)C2. The quantitative estimate of drug-likeness (QED) is 0.851. The summed E-state index contributed by atoms with van der Waals surface area (Å²) < 4.78 is 0. The number of aliphatic hydroxyl groups excluding tert-OH is 1. The Morgan fingerprint density at radius 3 is 2.37 bits per heavy atom. The van der Waals surface area contributed by atoms with Crippen LogP contribution < -0.4 is 0 Å². The van der Waals surface area contributed by atoms with Crippen LogP contribution >= 0.6 is 0 Å². The monoisotopic (exact) mass is 265 g/mol. The predicted octanol–water partition coefficient (Wildman–Crippen LogP) is 2.43. The van der Waals surface area contributed by atoms with Crippen LogP contribution in [0.15, 0.2) is 0 Å². The summed E-state index contributed by atoms with van der Waals surface area (Å²) in [4.78, 5) is 14.7. The minimum atomic E-state index is -0.432. The van der Waals surface area contributed by atoms with Crippen LogP contribution in [0.1, 0.15) is 52.4 Å². The highest BCUT2D eigenvalue weighted by Gasteiger charge is 2.59. The fraction of sp³-hybridized carbons (Fsp3) is 0.938. The molecule has 108 valence electrons. The van der Waals surface area contributed by atoms with Crippen molar-refractivity contribution in [3.8, 4) is 0 Å². The Morgan fingerprint density at radius 2 is 1.89 bits per heavy atom. The average Bonchev–Trinajstić information content (AvgIpc) is 2.23. The molecule has 0 aromatic carbocycles. The molecular weight excluding hydrogens is 238 g/mol. The van der Waals surface area contributed by atoms with E-state index in [2.05, 4.69) is 6.92 Å². The lowest BCUT2D eigenvalue weighted by atomic mass is 9.44. The zero-order valence-electron chi connectivity index (χ0n) is 12.5. The summed E-state index contributed by atoms with van der Waals surface area (Å²) in [6.45, 7) is 4.61. The molecule has 0 saturated heterocycles. The van der Waals surface area contributed by atoms with E-state index in [4.69, 9.17) is 0 Å².